The fourth-order valence-electron chi connectivity index (χ4n) is 2.65. The molecule has 1 heterocycles. The number of benzene rings is 2. The molecule has 0 aliphatic heterocycles. The van der Waals surface area contributed by atoms with Gasteiger partial charge in [0.2, 0.25) is 0 Å². The van der Waals surface area contributed by atoms with E-state index in [9.17, 15) is 14.9 Å². The van der Waals surface area contributed by atoms with Crippen LogP contribution in [0.4, 0.5) is 5.69 Å². The van der Waals surface area contributed by atoms with Gasteiger partial charge >= 0.3 is 0 Å². The van der Waals surface area contributed by atoms with Crippen LogP contribution in [0.1, 0.15) is 21.5 Å². The molecule has 8 nitrogen and oxygen atoms in total. The molecular weight excluding hydrogens is 384 g/mol. The van der Waals surface area contributed by atoms with Gasteiger partial charge in [0.25, 0.3) is 11.6 Å². The molecule has 0 radical (unpaired) electrons. The highest BCUT2D eigenvalue weighted by atomic mass is 35.5. The van der Waals surface area contributed by atoms with Gasteiger partial charge in [-0.05, 0) is 31.2 Å². The number of carbonyl (C=O) groups excluding carboxylic acids is 1. The first-order chi connectivity index (χ1) is 13.4. The number of rotatable bonds is 5. The average Bonchev–Trinajstić information content (AvgIpc) is 2.67. The topological polar surface area (TPSA) is 107 Å². The number of hydrogen-bond acceptors (Lipinski definition) is 6. The molecule has 142 valence electrons. The Morgan fingerprint density at radius 3 is 2.82 bits per heavy atom. The van der Waals surface area contributed by atoms with Gasteiger partial charge in [-0.25, -0.2) is 10.4 Å². The van der Waals surface area contributed by atoms with Crippen LogP contribution in [0.5, 0.6) is 5.75 Å². The van der Waals surface area contributed by atoms with Gasteiger partial charge in [0.1, 0.15) is 10.9 Å². The summed E-state index contributed by atoms with van der Waals surface area (Å²) in [6.45, 7) is 1.51. The van der Waals surface area contributed by atoms with E-state index in [0.717, 1.165) is 5.39 Å². The average molecular weight is 399 g/mol. The number of methoxy groups -OCH3 is 1. The summed E-state index contributed by atoms with van der Waals surface area (Å²) >= 11 is 6.18. The minimum Gasteiger partial charge on any atom is -0.497 e. The zero-order valence-electron chi connectivity index (χ0n) is 15.0. The van der Waals surface area contributed by atoms with Crippen molar-refractivity contribution < 1.29 is 14.5 Å². The normalized spacial score (nSPS) is 11.0. The van der Waals surface area contributed by atoms with Gasteiger partial charge in [-0.1, -0.05) is 17.7 Å². The molecule has 0 saturated carbocycles. The smallest absolute Gasteiger partial charge is 0.273 e. The fourth-order valence-corrected chi connectivity index (χ4v) is 2.84. The number of hydrazone groups is 1. The van der Waals surface area contributed by atoms with Crippen molar-refractivity contribution in [2.24, 2.45) is 5.10 Å². The number of hydrogen-bond donors (Lipinski definition) is 1. The number of carbonyl (C=O) groups is 1. The number of ether oxygens (including phenoxy) is 1. The van der Waals surface area contributed by atoms with Crippen LogP contribution >= 0.6 is 11.6 Å². The maximum Gasteiger partial charge on any atom is 0.273 e. The van der Waals surface area contributed by atoms with Crippen molar-refractivity contribution >= 4 is 40.3 Å². The van der Waals surface area contributed by atoms with Crippen LogP contribution in [0.3, 0.4) is 0 Å². The molecule has 0 aliphatic carbocycles. The van der Waals surface area contributed by atoms with E-state index in [1.807, 2.05) is 6.07 Å². The number of nitro groups is 1. The zero-order chi connectivity index (χ0) is 20.3. The molecule has 3 aromatic rings. The number of pyridine rings is 1. The van der Waals surface area contributed by atoms with E-state index in [4.69, 9.17) is 16.3 Å². The number of aromatic nitrogens is 1. The Labute approximate surface area is 164 Å². The highest BCUT2D eigenvalue weighted by Gasteiger charge is 2.17. The van der Waals surface area contributed by atoms with Crippen LogP contribution in [0.2, 0.25) is 5.15 Å². The Morgan fingerprint density at radius 1 is 1.32 bits per heavy atom. The Balaban J connectivity index is 1.81. The summed E-state index contributed by atoms with van der Waals surface area (Å²) in [6.07, 6.45) is 1.36. The SMILES string of the molecule is COc1ccc2cc(/C=N\NC(=O)c3cccc([N+](=O)[O-])c3C)c(Cl)nc2c1. The number of fused-ring (bicyclic) bond motifs is 1. The fraction of sp³-hybridized carbons (Fsp3) is 0.105. The predicted octanol–water partition coefficient (Wildman–Crippen LogP) is 3.88. The van der Waals surface area contributed by atoms with Gasteiger partial charge in [-0.15, -0.1) is 0 Å². The lowest BCUT2D eigenvalue weighted by Gasteiger charge is -2.06. The second-order valence-electron chi connectivity index (χ2n) is 5.83. The first kappa shape index (κ1) is 19.2. The molecule has 1 amide bonds. The molecule has 2 aromatic carbocycles. The maximum atomic E-state index is 12.3. The van der Waals surface area contributed by atoms with Crippen LogP contribution in [0.15, 0.2) is 47.6 Å². The zero-order valence-corrected chi connectivity index (χ0v) is 15.7. The van der Waals surface area contributed by atoms with E-state index < -0.39 is 10.8 Å². The first-order valence-corrected chi connectivity index (χ1v) is 8.50. The monoisotopic (exact) mass is 398 g/mol. The molecule has 0 fully saturated rings. The molecule has 1 N–H and O–H groups in total. The van der Waals surface area contributed by atoms with Crippen LogP contribution in [0.25, 0.3) is 10.9 Å². The van der Waals surface area contributed by atoms with Gasteiger partial charge in [-0.2, -0.15) is 5.10 Å². The molecule has 0 spiro atoms. The molecule has 1 aromatic heterocycles. The lowest BCUT2D eigenvalue weighted by atomic mass is 10.1. The van der Waals surface area contributed by atoms with E-state index in [1.54, 1.807) is 25.3 Å². The van der Waals surface area contributed by atoms with Crippen molar-refractivity contribution in [3.8, 4) is 5.75 Å². The number of nitro benzene ring substituents is 1. The Morgan fingerprint density at radius 2 is 2.11 bits per heavy atom. The van der Waals surface area contributed by atoms with E-state index >= 15 is 0 Å². The molecule has 3 rings (SSSR count). The Hall–Kier alpha value is -3.52. The van der Waals surface area contributed by atoms with Gasteiger partial charge < -0.3 is 4.74 Å². The van der Waals surface area contributed by atoms with Crippen molar-refractivity contribution in [1.29, 1.82) is 0 Å². The highest BCUT2D eigenvalue weighted by Crippen LogP contribution is 2.23. The third kappa shape index (κ3) is 3.91. The van der Waals surface area contributed by atoms with Crippen LogP contribution < -0.4 is 10.2 Å². The summed E-state index contributed by atoms with van der Waals surface area (Å²) in [7, 11) is 1.57. The van der Waals surface area contributed by atoms with Crippen LogP contribution in [-0.2, 0) is 0 Å². The molecule has 0 unspecified atom stereocenters. The molecule has 28 heavy (non-hydrogen) atoms. The number of nitrogens with zero attached hydrogens (tertiary/aromatic N) is 3. The highest BCUT2D eigenvalue weighted by molar-refractivity contribution is 6.32. The molecule has 0 atom stereocenters. The van der Waals surface area contributed by atoms with Crippen molar-refractivity contribution in [1.82, 2.24) is 10.4 Å². The number of nitrogens with one attached hydrogen (secondary N) is 1. The van der Waals surface area contributed by atoms with E-state index in [-0.39, 0.29) is 22.0 Å². The van der Waals surface area contributed by atoms with E-state index in [1.165, 1.54) is 31.3 Å². The van der Waals surface area contributed by atoms with Crippen molar-refractivity contribution in [3.05, 3.63) is 74.4 Å². The molecule has 0 saturated heterocycles. The molecular formula is C19H15ClN4O4. The largest absolute Gasteiger partial charge is 0.497 e. The number of halogens is 1. The maximum absolute atomic E-state index is 12.3. The van der Waals surface area contributed by atoms with Gasteiger partial charge in [0.15, 0.2) is 0 Å². The third-order valence-corrected chi connectivity index (χ3v) is 4.42. The minimum absolute atomic E-state index is 0.131. The second-order valence-corrected chi connectivity index (χ2v) is 6.19. The van der Waals surface area contributed by atoms with Crippen LogP contribution in [0, 0.1) is 17.0 Å². The summed E-state index contributed by atoms with van der Waals surface area (Å²) in [6, 6.07) is 11.4. The summed E-state index contributed by atoms with van der Waals surface area (Å²) in [5.74, 6) is 0.101. The van der Waals surface area contributed by atoms with E-state index in [2.05, 4.69) is 15.5 Å². The summed E-state index contributed by atoms with van der Waals surface area (Å²) in [5, 5.41) is 15.9. The minimum atomic E-state index is -0.563. The first-order valence-electron chi connectivity index (χ1n) is 8.12. The van der Waals surface area contributed by atoms with Gasteiger partial charge in [0.05, 0.1) is 29.3 Å². The quantitative estimate of drug-likeness (QED) is 0.304. The third-order valence-electron chi connectivity index (χ3n) is 4.12. The Bertz CT molecular complexity index is 1110. The molecule has 0 bridgehead atoms. The van der Waals surface area contributed by atoms with Gasteiger partial charge in [-0.3, -0.25) is 14.9 Å². The lowest BCUT2D eigenvalue weighted by Crippen LogP contribution is -2.19. The van der Waals surface area contributed by atoms with Gasteiger partial charge in [0, 0.05) is 28.6 Å². The lowest BCUT2D eigenvalue weighted by molar-refractivity contribution is -0.385. The van der Waals surface area contributed by atoms with Crippen LogP contribution in [-0.4, -0.2) is 29.1 Å². The predicted molar refractivity (Wildman–Crippen MR) is 106 cm³/mol. The molecule has 9 heteroatoms. The van der Waals surface area contributed by atoms with Crippen molar-refractivity contribution in [2.45, 2.75) is 6.92 Å². The molecule has 0 aliphatic rings. The summed E-state index contributed by atoms with van der Waals surface area (Å²) in [5.41, 5.74) is 3.82. The summed E-state index contributed by atoms with van der Waals surface area (Å²) in [4.78, 5) is 27.0. The Kier molecular flexibility index (Phi) is 5.51. The van der Waals surface area contributed by atoms with Crippen molar-refractivity contribution in [2.75, 3.05) is 7.11 Å². The van der Waals surface area contributed by atoms with E-state index in [0.29, 0.717) is 16.8 Å². The van der Waals surface area contributed by atoms with Crippen molar-refractivity contribution in [3.63, 3.8) is 0 Å². The standard InChI is InChI=1S/C19H15ClN4O4/c1-11-15(4-3-5-17(11)24(26)27)19(25)23-21-10-13-8-12-6-7-14(28-2)9-16(12)22-18(13)20/h3-10H,1-2H3,(H,23,25)/b21-10-. The second kappa shape index (κ2) is 8.01. The number of amides is 1. The summed E-state index contributed by atoms with van der Waals surface area (Å²) < 4.78 is 5.16.